The molecule has 0 bridgehead atoms. The summed E-state index contributed by atoms with van der Waals surface area (Å²) >= 11 is 0. The maximum absolute atomic E-state index is 10.5. The molecule has 2 N–H and O–H groups in total. The van der Waals surface area contributed by atoms with Crippen molar-refractivity contribution in [3.05, 3.63) is 99.1 Å². The number of anilines is 1. The lowest BCUT2D eigenvalue weighted by Gasteiger charge is -2.41. The fraction of sp³-hybridized carbons (Fsp3) is 0.488. The lowest BCUT2D eigenvalue weighted by molar-refractivity contribution is 0.257. The van der Waals surface area contributed by atoms with Crippen molar-refractivity contribution in [3.63, 3.8) is 0 Å². The van der Waals surface area contributed by atoms with Crippen molar-refractivity contribution in [1.82, 2.24) is 0 Å². The van der Waals surface area contributed by atoms with Crippen LogP contribution in [0.1, 0.15) is 164 Å². The van der Waals surface area contributed by atoms with Gasteiger partial charge in [0, 0.05) is 11.1 Å². The van der Waals surface area contributed by atoms with Crippen LogP contribution < -0.4 is 4.90 Å². The molecule has 0 unspecified atom stereocenters. The largest absolute Gasteiger partial charge is 0.283 e. The highest BCUT2D eigenvalue weighted by Gasteiger charge is 2.40. The third-order valence-corrected chi connectivity index (χ3v) is 10.1. The first-order valence-electron chi connectivity index (χ1n) is 18.0. The monoisotopic (exact) mass is 645 g/mol. The highest BCUT2D eigenvalue weighted by molar-refractivity contribution is 6.29. The molecule has 0 aliphatic rings. The molecule has 0 aliphatic heterocycles. The van der Waals surface area contributed by atoms with E-state index in [0.29, 0.717) is 16.7 Å². The molecule has 0 aromatic heterocycles. The van der Waals surface area contributed by atoms with Gasteiger partial charge in [-0.3, -0.25) is 15.7 Å². The molecule has 0 heterocycles. The average Bonchev–Trinajstić information content (AvgIpc) is 3.09. The topological polar surface area (TPSA) is 98.5 Å². The zero-order valence-electron chi connectivity index (χ0n) is 31.5. The summed E-state index contributed by atoms with van der Waals surface area (Å²) in [5.41, 5.74) is 6.36. The van der Waals surface area contributed by atoms with Crippen molar-refractivity contribution in [3.8, 4) is 12.1 Å². The fourth-order valence-electron chi connectivity index (χ4n) is 6.99. The summed E-state index contributed by atoms with van der Waals surface area (Å²) in [6.45, 7) is 23.7. The van der Waals surface area contributed by atoms with Crippen molar-refractivity contribution < 1.29 is 0 Å². The Morgan fingerprint density at radius 1 is 0.750 bits per heavy atom. The van der Waals surface area contributed by atoms with Crippen LogP contribution in [0.25, 0.3) is 0 Å². The number of hydrogen-bond acceptors (Lipinski definition) is 4. The van der Waals surface area contributed by atoms with E-state index in [1.165, 1.54) is 19.3 Å². The second-order valence-electron chi connectivity index (χ2n) is 13.6. The van der Waals surface area contributed by atoms with E-state index in [9.17, 15) is 21.3 Å². The predicted molar refractivity (Wildman–Crippen MR) is 205 cm³/mol. The lowest BCUT2D eigenvalue weighted by atomic mass is 9.63. The molecule has 0 aliphatic carbocycles. The van der Waals surface area contributed by atoms with Gasteiger partial charge < -0.3 is 0 Å². The minimum absolute atomic E-state index is 0.112. The third kappa shape index (κ3) is 8.43. The summed E-state index contributed by atoms with van der Waals surface area (Å²) in [4.78, 5) is 1.78. The zero-order valence-corrected chi connectivity index (χ0v) is 31.5. The number of benzene rings is 3. The minimum atomic E-state index is -0.385. The first-order valence-corrected chi connectivity index (χ1v) is 18.0. The van der Waals surface area contributed by atoms with Crippen LogP contribution in [0.3, 0.4) is 0 Å². The number of amidine groups is 2. The van der Waals surface area contributed by atoms with Crippen molar-refractivity contribution in [2.45, 2.75) is 132 Å². The van der Waals surface area contributed by atoms with Crippen LogP contribution in [-0.4, -0.2) is 11.7 Å². The van der Waals surface area contributed by atoms with E-state index in [1.807, 2.05) is 31.2 Å². The number of rotatable bonds is 12. The number of nitrogens with one attached hydrogen (secondary N) is 2. The molecule has 0 amide bonds. The standard InChI is InChI=1S/C38H47N5.C5H12/c1-10-27(9)38(11-2,12-3)34-29(23-40)20-28(22-39)21-33(34)37(42)43(36(41)32-17-14-13-16-26(32)8)35-30(24(4)5)18-15-19-31(35)25(6)7;1-3-5-4-2/h13-21,24-25,27,41-42H,10-12H2,1-9H3;3-5H2,1-2H3/t27-;/m1./s1. The summed E-state index contributed by atoms with van der Waals surface area (Å²) < 4.78 is 0. The Balaban J connectivity index is 0.00000149. The molecular weight excluding hydrogens is 587 g/mol. The maximum atomic E-state index is 10.5. The Bertz CT molecular complexity index is 1600. The lowest BCUT2D eigenvalue weighted by Crippen LogP contribution is -2.42. The van der Waals surface area contributed by atoms with Gasteiger partial charge in [-0.1, -0.05) is 137 Å². The number of hydrogen-bond donors (Lipinski definition) is 2. The van der Waals surface area contributed by atoms with Gasteiger partial charge in [-0.2, -0.15) is 10.5 Å². The van der Waals surface area contributed by atoms with E-state index in [-0.39, 0.29) is 34.8 Å². The molecule has 0 fully saturated rings. The first kappa shape index (κ1) is 40.0. The molecule has 0 saturated carbocycles. The number of nitrogens with zero attached hydrogens (tertiary/aromatic N) is 3. The predicted octanol–water partition coefficient (Wildman–Crippen LogP) is 12.1. The Labute approximate surface area is 292 Å². The smallest absolute Gasteiger partial charge is 0.138 e. The molecule has 0 radical (unpaired) electrons. The Kier molecular flexibility index (Phi) is 15.3. The second-order valence-corrected chi connectivity index (χ2v) is 13.6. The molecule has 5 heteroatoms. The van der Waals surface area contributed by atoms with Crippen molar-refractivity contribution in [2.24, 2.45) is 5.92 Å². The molecule has 3 aromatic rings. The molecule has 0 spiro atoms. The molecule has 3 aromatic carbocycles. The van der Waals surface area contributed by atoms with Gasteiger partial charge in [-0.25, -0.2) is 0 Å². The SMILES string of the molecule is CCCCC.CC[C@@H](C)C(CC)(CC)c1c(C#N)cc(C#N)cc1C(=N)N(C(=N)c1ccccc1C)c1c(C(C)C)cccc1C(C)C. The van der Waals surface area contributed by atoms with E-state index >= 15 is 0 Å². The van der Waals surface area contributed by atoms with Crippen molar-refractivity contribution >= 4 is 17.4 Å². The Morgan fingerprint density at radius 3 is 1.71 bits per heavy atom. The van der Waals surface area contributed by atoms with E-state index in [1.54, 1.807) is 17.0 Å². The van der Waals surface area contributed by atoms with Crippen LogP contribution >= 0.6 is 0 Å². The van der Waals surface area contributed by atoms with Gasteiger partial charge in [0.2, 0.25) is 0 Å². The number of aryl methyl sites for hydroxylation is 1. The van der Waals surface area contributed by atoms with Gasteiger partial charge in [-0.05, 0) is 77.3 Å². The first-order chi connectivity index (χ1) is 22.8. The van der Waals surface area contributed by atoms with Gasteiger partial charge in [-0.15, -0.1) is 0 Å². The summed E-state index contributed by atoms with van der Waals surface area (Å²) in [6, 6.07) is 22.1. The maximum Gasteiger partial charge on any atom is 0.138 e. The zero-order chi connectivity index (χ0) is 36.2. The molecule has 256 valence electrons. The van der Waals surface area contributed by atoms with Crippen LogP contribution in [0.5, 0.6) is 0 Å². The van der Waals surface area contributed by atoms with E-state index < -0.39 is 0 Å². The van der Waals surface area contributed by atoms with Crippen molar-refractivity contribution in [2.75, 3.05) is 4.90 Å². The molecule has 3 rings (SSSR count). The third-order valence-electron chi connectivity index (χ3n) is 10.1. The molecule has 48 heavy (non-hydrogen) atoms. The Morgan fingerprint density at radius 2 is 1.29 bits per heavy atom. The number of para-hydroxylation sites is 1. The molecule has 0 saturated heterocycles. The summed E-state index contributed by atoms with van der Waals surface area (Å²) in [7, 11) is 0. The summed E-state index contributed by atoms with van der Waals surface area (Å²) in [6.07, 6.45) is 6.56. The van der Waals surface area contributed by atoms with Crippen LogP contribution in [0.2, 0.25) is 0 Å². The van der Waals surface area contributed by atoms with Crippen LogP contribution in [-0.2, 0) is 5.41 Å². The average molecular weight is 646 g/mol. The van der Waals surface area contributed by atoms with Crippen LogP contribution in [0, 0.1) is 46.3 Å². The van der Waals surface area contributed by atoms with Gasteiger partial charge in [0.25, 0.3) is 0 Å². The number of unbranched alkanes of at least 4 members (excludes halogenated alkanes) is 2. The molecule has 1 atom stereocenters. The minimum Gasteiger partial charge on any atom is -0.283 e. The van der Waals surface area contributed by atoms with E-state index in [2.05, 4.69) is 99.6 Å². The summed E-state index contributed by atoms with van der Waals surface area (Å²) in [5.74, 6) is 0.818. The second kappa shape index (κ2) is 18.4. The summed E-state index contributed by atoms with van der Waals surface area (Å²) in [5, 5.41) is 40.3. The van der Waals surface area contributed by atoms with Gasteiger partial charge >= 0.3 is 0 Å². The molecular formula is C43H59N5. The highest BCUT2D eigenvalue weighted by Crippen LogP contribution is 2.45. The van der Waals surface area contributed by atoms with Crippen LogP contribution in [0.15, 0.2) is 54.6 Å². The fourth-order valence-corrected chi connectivity index (χ4v) is 6.99. The van der Waals surface area contributed by atoms with Crippen molar-refractivity contribution in [1.29, 1.82) is 21.3 Å². The Hall–Kier alpha value is -4.22. The van der Waals surface area contributed by atoms with Gasteiger partial charge in [0.15, 0.2) is 0 Å². The normalized spacial score (nSPS) is 11.7. The quantitative estimate of drug-likeness (QED) is 0.151. The molecule has 5 nitrogen and oxygen atoms in total. The van der Waals surface area contributed by atoms with E-state index in [0.717, 1.165) is 52.8 Å². The highest BCUT2D eigenvalue weighted by atomic mass is 15.2. The van der Waals surface area contributed by atoms with Crippen LogP contribution in [0.4, 0.5) is 5.69 Å². The number of nitriles is 2. The van der Waals surface area contributed by atoms with E-state index in [4.69, 9.17) is 0 Å². The van der Waals surface area contributed by atoms with Gasteiger partial charge in [0.05, 0.1) is 29.0 Å². The van der Waals surface area contributed by atoms with Gasteiger partial charge in [0.1, 0.15) is 11.7 Å².